The number of esters is 1. The Morgan fingerprint density at radius 2 is 2.29 bits per heavy atom. The molecular weight excluding hydrogens is 224 g/mol. The maximum absolute atomic E-state index is 11.3. The molecule has 0 bridgehead atoms. The summed E-state index contributed by atoms with van der Waals surface area (Å²) in [6.45, 7) is 0.342. The van der Waals surface area contributed by atoms with Gasteiger partial charge in [-0.3, -0.25) is 4.79 Å². The summed E-state index contributed by atoms with van der Waals surface area (Å²) in [5.74, 6) is 0.302. The highest BCUT2D eigenvalue weighted by atomic mass is 16.6. The third kappa shape index (κ3) is 2.22. The van der Waals surface area contributed by atoms with Gasteiger partial charge in [-0.15, -0.1) is 0 Å². The van der Waals surface area contributed by atoms with Crippen LogP contribution in [0.3, 0.4) is 0 Å². The van der Waals surface area contributed by atoms with Crippen LogP contribution in [0.1, 0.15) is 16.8 Å². The molecule has 5 nitrogen and oxygen atoms in total. The minimum absolute atomic E-state index is 0.286. The molecule has 0 radical (unpaired) electrons. The van der Waals surface area contributed by atoms with Gasteiger partial charge in [-0.25, -0.2) is 4.79 Å². The largest absolute Gasteiger partial charge is 0.493 e. The quantitative estimate of drug-likeness (QED) is 0.580. The molecular formula is C12H12O5. The van der Waals surface area contributed by atoms with E-state index in [1.54, 1.807) is 18.2 Å². The summed E-state index contributed by atoms with van der Waals surface area (Å²) in [6, 6.07) is 4.95. The third-order valence-electron chi connectivity index (χ3n) is 2.50. The number of aldehydes is 1. The lowest BCUT2D eigenvalue weighted by atomic mass is 10.2. The Hall–Kier alpha value is -2.04. The number of rotatable bonds is 4. The van der Waals surface area contributed by atoms with Crippen molar-refractivity contribution in [2.24, 2.45) is 0 Å². The minimum Gasteiger partial charge on any atom is -0.493 e. The Balaban J connectivity index is 2.29. The number of carbonyl (C=O) groups is 2. The van der Waals surface area contributed by atoms with Gasteiger partial charge in [0.05, 0.1) is 19.3 Å². The van der Waals surface area contributed by atoms with E-state index in [-0.39, 0.29) is 5.75 Å². The SMILES string of the molecule is COc1cccc(C=O)c1OC1CCOC1=O. The second-order valence-corrected chi connectivity index (χ2v) is 3.56. The van der Waals surface area contributed by atoms with Crippen molar-refractivity contribution in [3.05, 3.63) is 23.8 Å². The first-order valence-electron chi connectivity index (χ1n) is 5.21. The van der Waals surface area contributed by atoms with Crippen molar-refractivity contribution in [1.82, 2.24) is 0 Å². The van der Waals surface area contributed by atoms with Gasteiger partial charge in [0.2, 0.25) is 0 Å². The maximum Gasteiger partial charge on any atom is 0.347 e. The highest BCUT2D eigenvalue weighted by Crippen LogP contribution is 2.32. The molecule has 1 fully saturated rings. The van der Waals surface area contributed by atoms with Gasteiger partial charge in [0.25, 0.3) is 0 Å². The smallest absolute Gasteiger partial charge is 0.347 e. The second kappa shape index (κ2) is 4.86. The molecule has 1 aromatic carbocycles. The van der Waals surface area contributed by atoms with Crippen molar-refractivity contribution in [1.29, 1.82) is 0 Å². The van der Waals surface area contributed by atoms with Crippen LogP contribution in [0.25, 0.3) is 0 Å². The molecule has 0 aliphatic carbocycles. The van der Waals surface area contributed by atoms with Gasteiger partial charge < -0.3 is 14.2 Å². The minimum atomic E-state index is -0.662. The van der Waals surface area contributed by atoms with Crippen molar-refractivity contribution < 1.29 is 23.8 Å². The first-order valence-corrected chi connectivity index (χ1v) is 5.21. The summed E-state index contributed by atoms with van der Waals surface area (Å²) in [7, 11) is 1.48. The molecule has 1 heterocycles. The number of ether oxygens (including phenoxy) is 3. The predicted octanol–water partition coefficient (Wildman–Crippen LogP) is 1.20. The van der Waals surface area contributed by atoms with Crippen molar-refractivity contribution >= 4 is 12.3 Å². The van der Waals surface area contributed by atoms with Gasteiger partial charge in [-0.1, -0.05) is 6.07 Å². The first-order chi connectivity index (χ1) is 8.26. The molecule has 1 aromatic rings. The van der Waals surface area contributed by atoms with Gasteiger partial charge in [-0.05, 0) is 12.1 Å². The van der Waals surface area contributed by atoms with Crippen molar-refractivity contribution in [3.8, 4) is 11.5 Å². The van der Waals surface area contributed by atoms with Crippen LogP contribution in [-0.4, -0.2) is 32.1 Å². The fourth-order valence-corrected chi connectivity index (χ4v) is 1.64. The molecule has 0 saturated carbocycles. The molecule has 0 amide bonds. The standard InChI is InChI=1S/C12H12O5/c1-15-9-4-2-3-8(7-13)11(9)17-10-5-6-16-12(10)14/h2-4,7,10H,5-6H2,1H3. The topological polar surface area (TPSA) is 61.8 Å². The molecule has 1 saturated heterocycles. The van der Waals surface area contributed by atoms with Crippen LogP contribution >= 0.6 is 0 Å². The molecule has 2 rings (SSSR count). The van der Waals surface area contributed by atoms with E-state index in [0.29, 0.717) is 30.6 Å². The molecule has 1 aliphatic rings. The average molecular weight is 236 g/mol. The van der Waals surface area contributed by atoms with Crippen molar-refractivity contribution in [2.45, 2.75) is 12.5 Å². The van der Waals surface area contributed by atoms with E-state index >= 15 is 0 Å². The van der Waals surface area contributed by atoms with Crippen LogP contribution in [0.4, 0.5) is 0 Å². The summed E-state index contributed by atoms with van der Waals surface area (Å²) in [6.07, 6.45) is 0.484. The predicted molar refractivity (Wildman–Crippen MR) is 58.4 cm³/mol. The van der Waals surface area contributed by atoms with Gasteiger partial charge in [0.15, 0.2) is 23.9 Å². The Morgan fingerprint density at radius 3 is 2.88 bits per heavy atom. The lowest BCUT2D eigenvalue weighted by molar-refractivity contribution is -0.143. The molecule has 0 N–H and O–H groups in total. The van der Waals surface area contributed by atoms with E-state index in [2.05, 4.69) is 0 Å². The Labute approximate surface area is 98.3 Å². The lowest BCUT2D eigenvalue weighted by Crippen LogP contribution is -2.22. The average Bonchev–Trinajstić information content (AvgIpc) is 2.75. The highest BCUT2D eigenvalue weighted by Gasteiger charge is 2.30. The molecule has 1 aliphatic heterocycles. The lowest BCUT2D eigenvalue weighted by Gasteiger charge is -2.14. The summed E-state index contributed by atoms with van der Waals surface area (Å²) in [4.78, 5) is 22.2. The van der Waals surface area contributed by atoms with E-state index in [4.69, 9.17) is 14.2 Å². The summed E-state index contributed by atoms with van der Waals surface area (Å²) >= 11 is 0. The normalized spacial score (nSPS) is 18.6. The number of carbonyl (C=O) groups excluding carboxylic acids is 2. The first kappa shape index (κ1) is 11.4. The van der Waals surface area contributed by atoms with E-state index in [1.807, 2.05) is 0 Å². The molecule has 17 heavy (non-hydrogen) atoms. The second-order valence-electron chi connectivity index (χ2n) is 3.56. The fourth-order valence-electron chi connectivity index (χ4n) is 1.64. The van der Waals surface area contributed by atoms with Gasteiger partial charge >= 0.3 is 5.97 Å². The Kier molecular flexibility index (Phi) is 3.27. The summed E-state index contributed by atoms with van der Waals surface area (Å²) in [5, 5.41) is 0. The highest BCUT2D eigenvalue weighted by molar-refractivity contribution is 5.82. The number of hydrogen-bond donors (Lipinski definition) is 0. The summed E-state index contributed by atoms with van der Waals surface area (Å²) < 4.78 is 15.4. The molecule has 90 valence electrons. The Bertz CT molecular complexity index is 441. The molecule has 0 aromatic heterocycles. The van der Waals surface area contributed by atoms with Gasteiger partial charge in [-0.2, -0.15) is 0 Å². The molecule has 1 unspecified atom stereocenters. The van der Waals surface area contributed by atoms with Crippen LogP contribution in [0.5, 0.6) is 11.5 Å². The summed E-state index contributed by atoms with van der Waals surface area (Å²) in [5.41, 5.74) is 0.351. The van der Waals surface area contributed by atoms with Crippen LogP contribution < -0.4 is 9.47 Å². The molecule has 1 atom stereocenters. The van der Waals surface area contributed by atoms with Gasteiger partial charge in [0.1, 0.15) is 0 Å². The van der Waals surface area contributed by atoms with Crippen LogP contribution in [0, 0.1) is 0 Å². The van der Waals surface area contributed by atoms with Crippen LogP contribution in [0.15, 0.2) is 18.2 Å². The van der Waals surface area contributed by atoms with Gasteiger partial charge in [0, 0.05) is 6.42 Å². The number of cyclic esters (lactones) is 1. The fraction of sp³-hybridized carbons (Fsp3) is 0.333. The van der Waals surface area contributed by atoms with E-state index in [9.17, 15) is 9.59 Å². The third-order valence-corrected chi connectivity index (χ3v) is 2.50. The number of methoxy groups -OCH3 is 1. The van der Waals surface area contributed by atoms with E-state index in [1.165, 1.54) is 7.11 Å². The number of benzene rings is 1. The number of hydrogen-bond acceptors (Lipinski definition) is 5. The van der Waals surface area contributed by atoms with E-state index in [0.717, 1.165) is 0 Å². The molecule has 5 heteroatoms. The Morgan fingerprint density at radius 1 is 1.47 bits per heavy atom. The van der Waals surface area contributed by atoms with E-state index < -0.39 is 12.1 Å². The van der Waals surface area contributed by atoms with Crippen molar-refractivity contribution in [2.75, 3.05) is 13.7 Å². The number of para-hydroxylation sites is 1. The van der Waals surface area contributed by atoms with Crippen LogP contribution in [0.2, 0.25) is 0 Å². The molecule has 0 spiro atoms. The zero-order valence-corrected chi connectivity index (χ0v) is 9.34. The maximum atomic E-state index is 11.3. The van der Waals surface area contributed by atoms with Crippen molar-refractivity contribution in [3.63, 3.8) is 0 Å². The monoisotopic (exact) mass is 236 g/mol. The van der Waals surface area contributed by atoms with Crippen LogP contribution in [-0.2, 0) is 9.53 Å². The zero-order valence-electron chi connectivity index (χ0n) is 9.34. The zero-order chi connectivity index (χ0) is 12.3.